The molecule has 0 amide bonds. The molecule has 1 N–H and O–H groups in total. The number of H-pyrrole nitrogens is 1. The number of fused-ring (bicyclic) bond motifs is 1. The van der Waals surface area contributed by atoms with E-state index in [4.69, 9.17) is 0 Å². The number of nitrogens with zero attached hydrogens (tertiary/aromatic N) is 6. The smallest absolute Gasteiger partial charge is 0.253 e. The summed E-state index contributed by atoms with van der Waals surface area (Å²) in [6.07, 6.45) is 12.7. The van der Waals surface area contributed by atoms with E-state index in [-0.39, 0.29) is 11.6 Å². The van der Waals surface area contributed by atoms with E-state index in [1.54, 1.807) is 0 Å². The van der Waals surface area contributed by atoms with Crippen molar-refractivity contribution in [2.24, 2.45) is 0 Å². The van der Waals surface area contributed by atoms with E-state index >= 15 is 0 Å². The van der Waals surface area contributed by atoms with Crippen LogP contribution in [0.2, 0.25) is 0 Å². The van der Waals surface area contributed by atoms with Gasteiger partial charge in [0.05, 0.1) is 11.6 Å². The Balaban J connectivity index is 1.38. The first-order chi connectivity index (χ1) is 18.1. The summed E-state index contributed by atoms with van der Waals surface area (Å²) in [6, 6.07) is 7.19. The van der Waals surface area contributed by atoms with Gasteiger partial charge in [-0.05, 0) is 73.0 Å². The molecule has 3 heterocycles. The zero-order chi connectivity index (χ0) is 25.4. The first-order valence-electron chi connectivity index (χ1n) is 14.5. The maximum absolute atomic E-state index is 13.7. The molecule has 2 aliphatic carbocycles. The van der Waals surface area contributed by atoms with Crippen molar-refractivity contribution in [1.29, 1.82) is 0 Å². The molecule has 8 heteroatoms. The van der Waals surface area contributed by atoms with Gasteiger partial charge in [-0.3, -0.25) is 14.6 Å². The third-order valence-corrected chi connectivity index (χ3v) is 9.11. The number of rotatable bonds is 5. The van der Waals surface area contributed by atoms with Gasteiger partial charge in [0.15, 0.2) is 5.82 Å². The lowest BCUT2D eigenvalue weighted by atomic mass is 9.93. The van der Waals surface area contributed by atoms with Crippen LogP contribution in [0.15, 0.2) is 23.0 Å². The van der Waals surface area contributed by atoms with E-state index in [1.165, 1.54) is 56.9 Å². The molecule has 0 spiro atoms. The quantitative estimate of drug-likeness (QED) is 0.545. The van der Waals surface area contributed by atoms with Crippen molar-refractivity contribution in [3.05, 3.63) is 51.1 Å². The first kappa shape index (κ1) is 24.7. The lowest BCUT2D eigenvalue weighted by Crippen LogP contribution is -2.52. The summed E-state index contributed by atoms with van der Waals surface area (Å²) in [5.41, 5.74) is 3.95. The van der Waals surface area contributed by atoms with Gasteiger partial charge in [0.2, 0.25) is 0 Å². The fourth-order valence-corrected chi connectivity index (χ4v) is 7.18. The van der Waals surface area contributed by atoms with Crippen molar-refractivity contribution in [3.63, 3.8) is 0 Å². The molecular formula is C29H41N7O. The van der Waals surface area contributed by atoms with Crippen LogP contribution in [0.1, 0.15) is 98.8 Å². The normalized spacial score (nSPS) is 22.0. The van der Waals surface area contributed by atoms with Crippen LogP contribution in [-0.4, -0.2) is 67.2 Å². The summed E-state index contributed by atoms with van der Waals surface area (Å²) in [6.45, 7) is 8.09. The molecule has 3 fully saturated rings. The molecule has 2 aromatic heterocycles. The minimum Gasteiger partial charge on any atom is -0.321 e. The number of benzene rings is 1. The minimum atomic E-state index is -0.251. The van der Waals surface area contributed by atoms with Gasteiger partial charge in [-0.2, -0.15) is 0 Å². The second-order valence-corrected chi connectivity index (χ2v) is 11.6. The molecule has 3 aromatic rings. The number of nitrogens with one attached hydrogen (secondary N) is 1. The third kappa shape index (κ3) is 4.98. The van der Waals surface area contributed by atoms with E-state index < -0.39 is 0 Å². The number of aromatic nitrogens is 5. The number of hydrogen-bond acceptors (Lipinski definition) is 6. The maximum Gasteiger partial charge on any atom is 0.253 e. The number of tetrazole rings is 1. The highest BCUT2D eigenvalue weighted by Gasteiger charge is 2.35. The van der Waals surface area contributed by atoms with Gasteiger partial charge in [0, 0.05) is 37.8 Å². The summed E-state index contributed by atoms with van der Waals surface area (Å²) < 4.78 is 2.06. The lowest BCUT2D eigenvalue weighted by Gasteiger charge is -2.43. The number of hydrogen-bond donors (Lipinski definition) is 1. The van der Waals surface area contributed by atoms with Crippen LogP contribution >= 0.6 is 0 Å². The van der Waals surface area contributed by atoms with Crippen molar-refractivity contribution in [2.45, 2.75) is 96.2 Å². The Labute approximate surface area is 219 Å². The summed E-state index contributed by atoms with van der Waals surface area (Å²) in [5.74, 6) is 0.826. The van der Waals surface area contributed by atoms with Crippen molar-refractivity contribution in [2.75, 3.05) is 26.2 Å². The van der Waals surface area contributed by atoms with Crippen LogP contribution in [0.5, 0.6) is 0 Å². The fourth-order valence-electron chi connectivity index (χ4n) is 7.18. The van der Waals surface area contributed by atoms with Gasteiger partial charge in [-0.1, -0.05) is 50.2 Å². The Hall–Kier alpha value is -2.58. The zero-order valence-corrected chi connectivity index (χ0v) is 22.5. The van der Waals surface area contributed by atoms with Crippen LogP contribution in [0.4, 0.5) is 0 Å². The third-order valence-electron chi connectivity index (χ3n) is 9.11. The maximum atomic E-state index is 13.7. The molecular weight excluding hydrogens is 462 g/mol. The van der Waals surface area contributed by atoms with Crippen molar-refractivity contribution in [3.8, 4) is 0 Å². The Kier molecular flexibility index (Phi) is 7.12. The van der Waals surface area contributed by atoms with E-state index in [1.807, 2.05) is 0 Å². The van der Waals surface area contributed by atoms with Crippen molar-refractivity contribution < 1.29 is 0 Å². The van der Waals surface area contributed by atoms with Gasteiger partial charge in [0.1, 0.15) is 6.04 Å². The molecule has 0 unspecified atom stereocenters. The Morgan fingerprint density at radius 3 is 2.24 bits per heavy atom. The molecule has 1 aromatic carbocycles. The largest absolute Gasteiger partial charge is 0.321 e. The summed E-state index contributed by atoms with van der Waals surface area (Å²) in [4.78, 5) is 22.1. The molecule has 2 saturated carbocycles. The van der Waals surface area contributed by atoms with Gasteiger partial charge >= 0.3 is 0 Å². The Morgan fingerprint density at radius 2 is 1.54 bits per heavy atom. The van der Waals surface area contributed by atoms with Crippen LogP contribution in [0, 0.1) is 13.8 Å². The topological polar surface area (TPSA) is 82.9 Å². The average Bonchev–Trinajstić information content (AvgIpc) is 3.40. The van der Waals surface area contributed by atoms with Gasteiger partial charge < -0.3 is 4.98 Å². The van der Waals surface area contributed by atoms with Crippen LogP contribution in [0.25, 0.3) is 10.9 Å². The van der Waals surface area contributed by atoms with Crippen LogP contribution in [0.3, 0.4) is 0 Å². The molecule has 1 atom stereocenters. The number of aryl methyl sites for hydroxylation is 2. The monoisotopic (exact) mass is 503 g/mol. The number of aromatic amines is 1. The van der Waals surface area contributed by atoms with Crippen molar-refractivity contribution in [1.82, 2.24) is 35.0 Å². The summed E-state index contributed by atoms with van der Waals surface area (Å²) >= 11 is 0. The van der Waals surface area contributed by atoms with Crippen molar-refractivity contribution >= 4 is 10.9 Å². The van der Waals surface area contributed by atoms with Gasteiger partial charge in [0.25, 0.3) is 5.56 Å². The summed E-state index contributed by atoms with van der Waals surface area (Å²) in [5, 5.41) is 14.3. The van der Waals surface area contributed by atoms with E-state index in [2.05, 4.69) is 67.0 Å². The molecule has 198 valence electrons. The van der Waals surface area contributed by atoms with Crippen LogP contribution in [-0.2, 0) is 0 Å². The fraction of sp³-hybridized carbons (Fsp3) is 0.655. The predicted molar refractivity (Wildman–Crippen MR) is 146 cm³/mol. The highest BCUT2D eigenvalue weighted by molar-refractivity contribution is 5.83. The second kappa shape index (κ2) is 10.7. The molecule has 8 nitrogen and oxygen atoms in total. The molecule has 6 rings (SSSR count). The molecule has 1 saturated heterocycles. The Bertz CT molecular complexity index is 1280. The predicted octanol–water partition coefficient (Wildman–Crippen LogP) is 4.68. The highest BCUT2D eigenvalue weighted by Crippen LogP contribution is 2.34. The molecule has 0 bridgehead atoms. The van der Waals surface area contributed by atoms with Crippen LogP contribution < -0.4 is 5.56 Å². The van der Waals surface area contributed by atoms with E-state index in [9.17, 15) is 4.79 Å². The standard InChI is InChI=1S/C29H41N7O/c1-20-17-21(2)26-22(18-20)19-25(29(37)30-26)27(28-31-32-33-36(28)24-11-7-4-8-12-24)35-15-13-34(14-16-35)23-9-5-3-6-10-23/h17-19,23-24,27H,3-16H2,1-2H3,(H,30,37)/t27-/m0/s1. The van der Waals surface area contributed by atoms with Gasteiger partial charge in [-0.15, -0.1) is 5.10 Å². The van der Waals surface area contributed by atoms with E-state index in [0.717, 1.165) is 72.9 Å². The number of pyridine rings is 1. The SMILES string of the molecule is Cc1cc(C)c2[nH]c(=O)c([C@@H](c3nnnn3C3CCCCC3)N3CCN(C4CCCCC4)CC3)cc2c1. The zero-order valence-electron chi connectivity index (χ0n) is 22.5. The molecule has 37 heavy (non-hydrogen) atoms. The first-order valence-corrected chi connectivity index (χ1v) is 14.5. The Morgan fingerprint density at radius 1 is 0.865 bits per heavy atom. The minimum absolute atomic E-state index is 0.0302. The highest BCUT2D eigenvalue weighted by atomic mass is 16.1. The average molecular weight is 504 g/mol. The second-order valence-electron chi connectivity index (χ2n) is 11.6. The number of piperazine rings is 1. The lowest BCUT2D eigenvalue weighted by molar-refractivity contribution is 0.0610. The molecule has 0 radical (unpaired) electrons. The summed E-state index contributed by atoms with van der Waals surface area (Å²) in [7, 11) is 0. The van der Waals surface area contributed by atoms with E-state index in [0.29, 0.717) is 6.04 Å². The van der Waals surface area contributed by atoms with Gasteiger partial charge in [-0.25, -0.2) is 4.68 Å². The molecule has 3 aliphatic rings. The molecule has 1 aliphatic heterocycles.